The molecular weight excluding hydrogens is 449 g/mol. The fraction of sp³-hybridized carbons (Fsp3) is 0.300. The lowest BCUT2D eigenvalue weighted by atomic mass is 10.0. The number of fused-ring (bicyclic) bond motifs is 6. The molecule has 1 saturated heterocycles. The first-order chi connectivity index (χ1) is 15.0. The van der Waals surface area contributed by atoms with Crippen LogP contribution in [-0.4, -0.2) is 45.4 Å². The van der Waals surface area contributed by atoms with Crippen LogP contribution in [0.2, 0.25) is 0 Å². The summed E-state index contributed by atoms with van der Waals surface area (Å²) in [6, 6.07) is 10.1. The normalized spacial score (nSPS) is 20.6. The Kier molecular flexibility index (Phi) is 4.25. The molecule has 32 heavy (non-hydrogen) atoms. The first-order valence-electron chi connectivity index (χ1n) is 9.58. The second-order valence-corrected chi connectivity index (χ2v) is 9.75. The van der Waals surface area contributed by atoms with E-state index in [1.165, 1.54) is 16.7 Å². The highest BCUT2D eigenvalue weighted by Gasteiger charge is 2.53. The molecule has 2 aliphatic rings. The highest BCUT2D eigenvalue weighted by atomic mass is 32.2. The van der Waals surface area contributed by atoms with Gasteiger partial charge in [0.1, 0.15) is 5.69 Å². The van der Waals surface area contributed by atoms with E-state index in [4.69, 9.17) is 0 Å². The number of aromatic hydroxyl groups is 1. The Morgan fingerprint density at radius 3 is 2.50 bits per heavy atom. The summed E-state index contributed by atoms with van der Waals surface area (Å²) >= 11 is 0. The average Bonchev–Trinajstić information content (AvgIpc) is 3.38. The predicted molar refractivity (Wildman–Crippen MR) is 107 cm³/mol. The minimum atomic E-state index is -4.91. The molecule has 12 heteroatoms. The van der Waals surface area contributed by atoms with Crippen molar-refractivity contribution in [2.45, 2.75) is 24.7 Å². The van der Waals surface area contributed by atoms with Crippen LogP contribution in [0.3, 0.4) is 0 Å². The molecule has 0 unspecified atom stereocenters. The minimum Gasteiger partial charge on any atom is -0.493 e. The number of nitrogens with zero attached hydrogens (tertiary/aromatic N) is 4. The van der Waals surface area contributed by atoms with Gasteiger partial charge in [-0.3, -0.25) is 4.57 Å². The van der Waals surface area contributed by atoms with E-state index in [0.717, 1.165) is 8.87 Å². The van der Waals surface area contributed by atoms with E-state index >= 15 is 0 Å². The molecule has 0 amide bonds. The first kappa shape index (κ1) is 20.6. The van der Waals surface area contributed by atoms with Crippen LogP contribution in [0.15, 0.2) is 41.2 Å². The van der Waals surface area contributed by atoms with E-state index in [2.05, 4.69) is 6.07 Å². The maximum absolute atomic E-state index is 13.2. The number of imidazole rings is 1. The fourth-order valence-electron chi connectivity index (χ4n) is 4.80. The molecule has 0 radical (unpaired) electrons. The average molecular weight is 464 g/mol. The molecule has 2 aliphatic heterocycles. The van der Waals surface area contributed by atoms with Gasteiger partial charge in [0.15, 0.2) is 5.75 Å². The number of halogens is 3. The summed E-state index contributed by atoms with van der Waals surface area (Å²) < 4.78 is 66.1. The van der Waals surface area contributed by atoms with Gasteiger partial charge >= 0.3 is 11.9 Å². The lowest BCUT2D eigenvalue weighted by molar-refractivity contribution is -0.107. The fourth-order valence-corrected chi connectivity index (χ4v) is 6.35. The van der Waals surface area contributed by atoms with Gasteiger partial charge in [0.2, 0.25) is 15.9 Å². The monoisotopic (exact) mass is 464 g/mol. The van der Waals surface area contributed by atoms with Gasteiger partial charge in [-0.2, -0.15) is 22.7 Å². The van der Waals surface area contributed by atoms with Gasteiger partial charge in [0.05, 0.1) is 29.4 Å². The number of hydrogen-bond donors (Lipinski definition) is 1. The Morgan fingerprint density at radius 1 is 1.16 bits per heavy atom. The smallest absolute Gasteiger partial charge is 0.404 e. The van der Waals surface area contributed by atoms with Crippen LogP contribution in [0.5, 0.6) is 5.88 Å². The maximum Gasteiger partial charge on any atom is 0.404 e. The molecule has 1 aromatic heterocycles. The predicted octanol–water partition coefficient (Wildman–Crippen LogP) is 2.56. The van der Waals surface area contributed by atoms with Gasteiger partial charge in [-0.15, -0.1) is 0 Å². The summed E-state index contributed by atoms with van der Waals surface area (Å²) in [5.41, 5.74) is 0.0133. The Morgan fingerprint density at radius 2 is 1.84 bits per heavy atom. The van der Waals surface area contributed by atoms with Crippen LogP contribution in [0.1, 0.15) is 29.8 Å². The molecule has 0 aliphatic carbocycles. The Hall–Kier alpha value is -3.30. The van der Waals surface area contributed by atoms with Gasteiger partial charge in [-0.1, -0.05) is 24.3 Å². The minimum absolute atomic E-state index is 0.0227. The summed E-state index contributed by atoms with van der Waals surface area (Å²) in [5, 5.41) is 21.4. The Labute approximate surface area is 179 Å². The van der Waals surface area contributed by atoms with Gasteiger partial charge in [0.25, 0.3) is 0 Å². The molecule has 1 N–H and O–H groups in total. The molecule has 2 aromatic carbocycles. The molecule has 5 rings (SSSR count). The van der Waals surface area contributed by atoms with E-state index < -0.39 is 45.6 Å². The van der Waals surface area contributed by atoms with Crippen molar-refractivity contribution in [3.8, 4) is 17.6 Å². The van der Waals surface area contributed by atoms with Gasteiger partial charge in [0, 0.05) is 17.3 Å². The summed E-state index contributed by atoms with van der Waals surface area (Å²) in [5.74, 6) is -2.53. The summed E-state index contributed by atoms with van der Waals surface area (Å²) in [4.78, 5) is 13.2. The topological polar surface area (TPSA) is 108 Å². The molecule has 166 valence electrons. The van der Waals surface area contributed by atoms with Crippen molar-refractivity contribution < 1.29 is 26.7 Å². The summed E-state index contributed by atoms with van der Waals surface area (Å²) in [7, 11) is -4.68. The molecule has 1 fully saturated rings. The van der Waals surface area contributed by atoms with Crippen molar-refractivity contribution in [3.05, 3.63) is 58.1 Å². The highest BCUT2D eigenvalue weighted by Crippen LogP contribution is 2.50. The van der Waals surface area contributed by atoms with Crippen LogP contribution in [0.4, 0.5) is 13.2 Å². The molecule has 3 heterocycles. The molecule has 2 bridgehead atoms. The van der Waals surface area contributed by atoms with Crippen LogP contribution >= 0.6 is 0 Å². The van der Waals surface area contributed by atoms with Crippen molar-refractivity contribution in [1.82, 2.24) is 13.4 Å². The van der Waals surface area contributed by atoms with E-state index in [0.29, 0.717) is 16.3 Å². The number of nitriles is 1. The van der Waals surface area contributed by atoms with E-state index in [9.17, 15) is 36.8 Å². The van der Waals surface area contributed by atoms with Crippen LogP contribution < -0.4 is 5.69 Å². The van der Waals surface area contributed by atoms with Crippen LogP contribution in [0, 0.1) is 11.3 Å². The molecule has 0 spiro atoms. The summed E-state index contributed by atoms with van der Waals surface area (Å²) in [6.07, 6.45) is -4.79. The van der Waals surface area contributed by atoms with Crippen molar-refractivity contribution >= 4 is 20.8 Å². The number of rotatable bonds is 3. The molecule has 8 nitrogen and oxygen atoms in total. The van der Waals surface area contributed by atoms with E-state index in [1.54, 1.807) is 24.3 Å². The number of alkyl halides is 3. The van der Waals surface area contributed by atoms with Crippen molar-refractivity contribution in [3.63, 3.8) is 0 Å². The number of aromatic nitrogens is 2. The number of hydrogen-bond acceptors (Lipinski definition) is 5. The molecular formula is C20H15F3N4O4S. The van der Waals surface area contributed by atoms with Crippen molar-refractivity contribution in [2.75, 3.05) is 12.3 Å². The van der Waals surface area contributed by atoms with Crippen LogP contribution in [-0.2, 0) is 10.0 Å². The van der Waals surface area contributed by atoms with Gasteiger partial charge in [-0.05, 0) is 18.6 Å². The quantitative estimate of drug-likeness (QED) is 0.641. The second-order valence-electron chi connectivity index (χ2n) is 7.83. The number of benzene rings is 2. The number of sulfonamides is 1. The Bertz CT molecular complexity index is 1480. The van der Waals surface area contributed by atoms with Crippen molar-refractivity contribution in [2.24, 2.45) is 0 Å². The zero-order valence-electron chi connectivity index (χ0n) is 16.2. The lowest BCUT2D eigenvalue weighted by Gasteiger charge is -2.27. The zero-order valence-corrected chi connectivity index (χ0v) is 17.1. The summed E-state index contributed by atoms with van der Waals surface area (Å²) in [6.45, 7) is -0.270. The first-order valence-corrected chi connectivity index (χ1v) is 11.2. The second kappa shape index (κ2) is 6.60. The van der Waals surface area contributed by atoms with E-state index in [1.807, 2.05) is 0 Å². The standard InChI is InChI=1S/C20H15F3N4O4S/c21-20(22,23)10-32(30,31)25-9-12-7-16(25)17-18(28)27(19(29)26(12)17)15-6-5-11(8-24)13-3-1-2-4-14(13)15/h1-6,12,16,28H,7,9-10H2/t12-,16-/m0/s1. The largest absolute Gasteiger partial charge is 0.493 e. The maximum atomic E-state index is 13.2. The zero-order chi connectivity index (χ0) is 23.0. The molecule has 0 saturated carbocycles. The van der Waals surface area contributed by atoms with E-state index in [-0.39, 0.29) is 24.3 Å². The Balaban J connectivity index is 1.67. The lowest BCUT2D eigenvalue weighted by Crippen LogP contribution is -2.41. The van der Waals surface area contributed by atoms with Crippen LogP contribution in [0.25, 0.3) is 16.5 Å². The third-order valence-electron chi connectivity index (χ3n) is 5.98. The SMILES string of the molecule is N#Cc1ccc(-n2c(O)c3n(c2=O)[C@H]2C[C@@H]3N(S(=O)(=O)CC(F)(F)F)C2)c2ccccc12. The third kappa shape index (κ3) is 2.85. The highest BCUT2D eigenvalue weighted by molar-refractivity contribution is 7.89. The molecule has 2 atom stereocenters. The third-order valence-corrected chi connectivity index (χ3v) is 7.79. The van der Waals surface area contributed by atoms with Gasteiger partial charge in [-0.25, -0.2) is 17.8 Å². The van der Waals surface area contributed by atoms with Crippen molar-refractivity contribution in [1.29, 1.82) is 5.26 Å². The molecule has 3 aromatic rings. The van der Waals surface area contributed by atoms with Gasteiger partial charge < -0.3 is 5.11 Å².